The van der Waals surface area contributed by atoms with Crippen LogP contribution in [0, 0.1) is 0 Å². The number of nitrogen functional groups attached to an aromatic ring is 1. The van der Waals surface area contributed by atoms with E-state index < -0.39 is 10.0 Å². The molecule has 1 aromatic rings. The van der Waals surface area contributed by atoms with Gasteiger partial charge in [-0.3, -0.25) is 0 Å². The van der Waals surface area contributed by atoms with Crippen molar-refractivity contribution in [2.24, 2.45) is 0 Å². The van der Waals surface area contributed by atoms with E-state index >= 15 is 0 Å². The van der Waals surface area contributed by atoms with Crippen LogP contribution in [-0.4, -0.2) is 25.2 Å². The van der Waals surface area contributed by atoms with E-state index in [1.54, 1.807) is 6.08 Å². The SMILES string of the molecule is C=CCCNS(=O)(=O)c1nnc(N)s1. The molecular weight excluding hydrogens is 224 g/mol. The van der Waals surface area contributed by atoms with E-state index in [1.165, 1.54) is 0 Å². The standard InChI is InChI=1S/C6H10N4O2S2/c1-2-3-4-8-14(11,12)6-10-9-5(7)13-6/h2,8H,1,3-4H2,(H2,7,9). The Morgan fingerprint density at radius 3 is 2.79 bits per heavy atom. The monoisotopic (exact) mass is 234 g/mol. The molecule has 0 saturated carbocycles. The molecule has 0 aliphatic carbocycles. The van der Waals surface area contributed by atoms with Crippen LogP contribution in [0.2, 0.25) is 0 Å². The molecule has 0 radical (unpaired) electrons. The predicted octanol–water partition coefficient (Wildman–Crippen LogP) is -0.0253. The van der Waals surface area contributed by atoms with Crippen LogP contribution >= 0.6 is 11.3 Å². The second-order valence-electron chi connectivity index (χ2n) is 2.38. The van der Waals surface area contributed by atoms with Gasteiger partial charge in [0.25, 0.3) is 10.0 Å². The molecule has 8 heteroatoms. The van der Waals surface area contributed by atoms with E-state index in [4.69, 9.17) is 5.73 Å². The van der Waals surface area contributed by atoms with Gasteiger partial charge < -0.3 is 5.73 Å². The second kappa shape index (κ2) is 4.49. The summed E-state index contributed by atoms with van der Waals surface area (Å²) in [5, 5.41) is 6.98. The molecule has 1 rings (SSSR count). The Balaban J connectivity index is 2.71. The van der Waals surface area contributed by atoms with Crippen LogP contribution in [0.1, 0.15) is 6.42 Å². The minimum absolute atomic E-state index is 0.112. The molecule has 78 valence electrons. The van der Waals surface area contributed by atoms with Crippen LogP contribution in [0.15, 0.2) is 17.0 Å². The largest absolute Gasteiger partial charge is 0.374 e. The van der Waals surface area contributed by atoms with Crippen molar-refractivity contribution >= 4 is 26.5 Å². The van der Waals surface area contributed by atoms with Crippen LogP contribution in [0.25, 0.3) is 0 Å². The molecule has 0 aliphatic heterocycles. The summed E-state index contributed by atoms with van der Waals surface area (Å²) in [6.07, 6.45) is 2.19. The molecule has 0 spiro atoms. The van der Waals surface area contributed by atoms with Crippen molar-refractivity contribution in [2.75, 3.05) is 12.3 Å². The normalized spacial score (nSPS) is 11.4. The molecule has 0 bridgehead atoms. The van der Waals surface area contributed by atoms with Crippen LogP contribution in [0.4, 0.5) is 5.13 Å². The zero-order valence-electron chi connectivity index (χ0n) is 7.30. The molecule has 0 aromatic carbocycles. The highest BCUT2D eigenvalue weighted by Gasteiger charge is 2.18. The fourth-order valence-electron chi connectivity index (χ4n) is 0.686. The van der Waals surface area contributed by atoms with Crippen molar-refractivity contribution < 1.29 is 8.42 Å². The lowest BCUT2D eigenvalue weighted by molar-refractivity contribution is 0.580. The molecule has 0 saturated heterocycles. The lowest BCUT2D eigenvalue weighted by Gasteiger charge is -1.99. The summed E-state index contributed by atoms with van der Waals surface area (Å²) in [6, 6.07) is 0. The summed E-state index contributed by atoms with van der Waals surface area (Å²) in [5.41, 5.74) is 5.27. The lowest BCUT2D eigenvalue weighted by Crippen LogP contribution is -2.24. The van der Waals surface area contributed by atoms with E-state index in [0.29, 0.717) is 13.0 Å². The number of aromatic nitrogens is 2. The summed E-state index contributed by atoms with van der Waals surface area (Å²) in [7, 11) is -3.54. The maximum atomic E-state index is 11.4. The molecule has 1 heterocycles. The zero-order valence-corrected chi connectivity index (χ0v) is 8.94. The molecule has 6 nitrogen and oxygen atoms in total. The number of hydrogen-bond acceptors (Lipinski definition) is 6. The van der Waals surface area contributed by atoms with Crippen molar-refractivity contribution in [2.45, 2.75) is 10.8 Å². The summed E-state index contributed by atoms with van der Waals surface area (Å²) < 4.78 is 25.1. The highest BCUT2D eigenvalue weighted by atomic mass is 32.2. The highest BCUT2D eigenvalue weighted by Crippen LogP contribution is 2.16. The number of rotatable bonds is 5. The van der Waals surface area contributed by atoms with Gasteiger partial charge in [-0.2, -0.15) is 0 Å². The van der Waals surface area contributed by atoms with E-state index in [0.717, 1.165) is 11.3 Å². The minimum atomic E-state index is -3.54. The summed E-state index contributed by atoms with van der Waals surface area (Å²) in [4.78, 5) is 0. The molecule has 0 unspecified atom stereocenters. The number of hydrogen-bond donors (Lipinski definition) is 2. The fourth-order valence-corrected chi connectivity index (χ4v) is 2.56. The maximum absolute atomic E-state index is 11.4. The first-order chi connectivity index (χ1) is 6.56. The summed E-state index contributed by atoms with van der Waals surface area (Å²) in [6.45, 7) is 3.77. The molecule has 3 N–H and O–H groups in total. The van der Waals surface area contributed by atoms with Gasteiger partial charge in [-0.15, -0.1) is 16.8 Å². The van der Waals surface area contributed by atoms with Crippen LogP contribution in [-0.2, 0) is 10.0 Å². The third-order valence-corrected chi connectivity index (χ3v) is 3.87. The van der Waals surface area contributed by atoms with Gasteiger partial charge in [0, 0.05) is 6.54 Å². The van der Waals surface area contributed by atoms with Crippen LogP contribution in [0.3, 0.4) is 0 Å². The molecular formula is C6H10N4O2S2. The quantitative estimate of drug-likeness (QED) is 0.551. The van der Waals surface area contributed by atoms with Crippen molar-refractivity contribution in [1.29, 1.82) is 0 Å². The topological polar surface area (TPSA) is 98.0 Å². The average Bonchev–Trinajstić information content (AvgIpc) is 2.53. The number of nitrogens with two attached hydrogens (primary N) is 1. The number of nitrogens with zero attached hydrogens (tertiary/aromatic N) is 2. The van der Waals surface area contributed by atoms with E-state index in [9.17, 15) is 8.42 Å². The van der Waals surface area contributed by atoms with Gasteiger partial charge in [0.15, 0.2) is 0 Å². The number of sulfonamides is 1. The van der Waals surface area contributed by atoms with E-state index in [1.807, 2.05) is 0 Å². The predicted molar refractivity (Wildman–Crippen MR) is 54.3 cm³/mol. The highest BCUT2D eigenvalue weighted by molar-refractivity contribution is 7.91. The first-order valence-corrected chi connectivity index (χ1v) is 6.06. The Labute approximate surface area is 85.9 Å². The van der Waals surface area contributed by atoms with Gasteiger partial charge >= 0.3 is 0 Å². The molecule has 14 heavy (non-hydrogen) atoms. The first-order valence-electron chi connectivity index (χ1n) is 3.76. The van der Waals surface area contributed by atoms with Crippen molar-refractivity contribution in [3.05, 3.63) is 12.7 Å². The van der Waals surface area contributed by atoms with Gasteiger partial charge in [-0.25, -0.2) is 13.1 Å². The Morgan fingerprint density at radius 2 is 2.29 bits per heavy atom. The maximum Gasteiger partial charge on any atom is 0.269 e. The van der Waals surface area contributed by atoms with Gasteiger partial charge in [0.2, 0.25) is 9.47 Å². The molecule has 0 atom stereocenters. The van der Waals surface area contributed by atoms with Gasteiger partial charge in [0.05, 0.1) is 0 Å². The minimum Gasteiger partial charge on any atom is -0.374 e. The van der Waals surface area contributed by atoms with Crippen LogP contribution in [0.5, 0.6) is 0 Å². The van der Waals surface area contributed by atoms with Gasteiger partial charge in [-0.1, -0.05) is 17.4 Å². The van der Waals surface area contributed by atoms with Crippen LogP contribution < -0.4 is 10.5 Å². The van der Waals surface area contributed by atoms with Crippen molar-refractivity contribution in [3.8, 4) is 0 Å². The molecule has 0 aliphatic rings. The first kappa shape index (κ1) is 11.1. The van der Waals surface area contributed by atoms with Crippen molar-refractivity contribution in [3.63, 3.8) is 0 Å². The molecule has 0 amide bonds. The fraction of sp³-hybridized carbons (Fsp3) is 0.333. The van der Waals surface area contributed by atoms with Crippen molar-refractivity contribution in [1.82, 2.24) is 14.9 Å². The summed E-state index contributed by atoms with van der Waals surface area (Å²) >= 11 is 0.832. The molecule has 1 aromatic heterocycles. The second-order valence-corrected chi connectivity index (χ2v) is 5.33. The third-order valence-electron chi connectivity index (χ3n) is 1.29. The number of nitrogens with one attached hydrogen (secondary N) is 1. The Hall–Kier alpha value is -0.990. The van der Waals surface area contributed by atoms with E-state index in [2.05, 4.69) is 21.5 Å². The van der Waals surface area contributed by atoms with Gasteiger partial charge in [-0.05, 0) is 6.42 Å². The molecule has 0 fully saturated rings. The summed E-state index contributed by atoms with van der Waals surface area (Å²) in [5.74, 6) is 0. The van der Waals surface area contributed by atoms with Gasteiger partial charge in [0.1, 0.15) is 0 Å². The third kappa shape index (κ3) is 2.76. The zero-order chi connectivity index (χ0) is 10.6. The van der Waals surface area contributed by atoms with E-state index in [-0.39, 0.29) is 9.47 Å². The Kier molecular flexibility index (Phi) is 3.55. The smallest absolute Gasteiger partial charge is 0.269 e. The Bertz CT molecular complexity index is 411. The Morgan fingerprint density at radius 1 is 1.57 bits per heavy atom. The average molecular weight is 234 g/mol. The lowest BCUT2D eigenvalue weighted by atomic mass is 10.4. The number of anilines is 1.